The zero-order valence-corrected chi connectivity index (χ0v) is 10.2. The van der Waals surface area contributed by atoms with E-state index in [1.165, 1.54) is 0 Å². The molecule has 0 unspecified atom stereocenters. The molecule has 1 atom stereocenters. The second kappa shape index (κ2) is 7.46. The molecule has 0 radical (unpaired) electrons. The normalized spacial score (nSPS) is 12.6. The maximum atomic E-state index is 11.9. The van der Waals surface area contributed by atoms with Gasteiger partial charge in [0.15, 0.2) is 0 Å². The number of hydrogen-bond acceptors (Lipinski definition) is 2. The van der Waals surface area contributed by atoms with E-state index in [2.05, 4.69) is 27.4 Å². The minimum Gasteiger partial charge on any atom is -0.338 e. The van der Waals surface area contributed by atoms with Crippen LogP contribution in [0.15, 0.2) is 12.7 Å². The summed E-state index contributed by atoms with van der Waals surface area (Å²) in [5, 5.41) is 0. The van der Waals surface area contributed by atoms with Gasteiger partial charge >= 0.3 is 0 Å². The highest BCUT2D eigenvalue weighted by atomic mass is 16.2. The van der Waals surface area contributed by atoms with Crippen LogP contribution in [0.1, 0.15) is 33.6 Å². The SMILES string of the molecule is C=CCN(CCC)C(=O)[C@@H](N)CC(C)C. The first-order valence-electron chi connectivity index (χ1n) is 5.68. The second-order valence-electron chi connectivity index (χ2n) is 4.31. The fraction of sp³-hybridized carbons (Fsp3) is 0.750. The number of hydrogen-bond donors (Lipinski definition) is 1. The van der Waals surface area contributed by atoms with Crippen LogP contribution >= 0.6 is 0 Å². The molecule has 0 aromatic rings. The van der Waals surface area contributed by atoms with Gasteiger partial charge in [0.1, 0.15) is 0 Å². The Labute approximate surface area is 93.3 Å². The minimum absolute atomic E-state index is 0.0467. The largest absolute Gasteiger partial charge is 0.338 e. The summed E-state index contributed by atoms with van der Waals surface area (Å²) in [5.41, 5.74) is 5.85. The van der Waals surface area contributed by atoms with Crippen molar-refractivity contribution in [3.63, 3.8) is 0 Å². The lowest BCUT2D eigenvalue weighted by atomic mass is 10.0. The van der Waals surface area contributed by atoms with Crippen molar-refractivity contribution in [2.75, 3.05) is 13.1 Å². The first-order chi connectivity index (χ1) is 7.02. The average molecular weight is 212 g/mol. The second-order valence-corrected chi connectivity index (χ2v) is 4.31. The molecule has 88 valence electrons. The highest BCUT2D eigenvalue weighted by Crippen LogP contribution is 2.06. The predicted molar refractivity (Wildman–Crippen MR) is 64.5 cm³/mol. The molecule has 0 aliphatic carbocycles. The predicted octanol–water partition coefficient (Wildman–Crippen LogP) is 1.78. The van der Waals surface area contributed by atoms with Gasteiger partial charge in [0.2, 0.25) is 5.91 Å². The first kappa shape index (κ1) is 14.2. The van der Waals surface area contributed by atoms with Crippen LogP contribution in [0, 0.1) is 5.92 Å². The van der Waals surface area contributed by atoms with Crippen molar-refractivity contribution in [1.29, 1.82) is 0 Å². The Morgan fingerprint density at radius 1 is 1.53 bits per heavy atom. The molecule has 0 fully saturated rings. The Kier molecular flexibility index (Phi) is 7.05. The number of nitrogens with zero attached hydrogens (tertiary/aromatic N) is 1. The highest BCUT2D eigenvalue weighted by Gasteiger charge is 2.20. The van der Waals surface area contributed by atoms with Gasteiger partial charge in [-0.2, -0.15) is 0 Å². The van der Waals surface area contributed by atoms with Crippen LogP contribution in [0.2, 0.25) is 0 Å². The number of carbonyl (C=O) groups is 1. The molecule has 0 saturated heterocycles. The van der Waals surface area contributed by atoms with Gasteiger partial charge in [-0.3, -0.25) is 4.79 Å². The van der Waals surface area contributed by atoms with Gasteiger partial charge in [-0.15, -0.1) is 6.58 Å². The molecule has 0 rings (SSSR count). The number of carbonyl (C=O) groups excluding carboxylic acids is 1. The average Bonchev–Trinajstić information content (AvgIpc) is 2.15. The smallest absolute Gasteiger partial charge is 0.239 e. The van der Waals surface area contributed by atoms with Crippen LogP contribution in [0.3, 0.4) is 0 Å². The molecule has 15 heavy (non-hydrogen) atoms. The standard InChI is InChI=1S/C12H24N2O/c1-5-7-14(8-6-2)12(15)11(13)9-10(3)4/h5,10-11H,1,6-9,13H2,2-4H3/t11-/m0/s1. The summed E-state index contributed by atoms with van der Waals surface area (Å²) < 4.78 is 0. The lowest BCUT2D eigenvalue weighted by molar-refractivity contribution is -0.132. The number of rotatable bonds is 7. The maximum absolute atomic E-state index is 11.9. The number of nitrogens with two attached hydrogens (primary N) is 1. The van der Waals surface area contributed by atoms with E-state index in [1.807, 2.05) is 0 Å². The zero-order valence-electron chi connectivity index (χ0n) is 10.2. The van der Waals surface area contributed by atoms with E-state index in [0.29, 0.717) is 12.5 Å². The molecule has 2 N–H and O–H groups in total. The Morgan fingerprint density at radius 2 is 2.13 bits per heavy atom. The van der Waals surface area contributed by atoms with Gasteiger partial charge in [-0.05, 0) is 18.8 Å². The van der Waals surface area contributed by atoms with Crippen molar-refractivity contribution >= 4 is 5.91 Å². The van der Waals surface area contributed by atoms with Crippen molar-refractivity contribution < 1.29 is 4.79 Å². The summed E-state index contributed by atoms with van der Waals surface area (Å²) in [6.07, 6.45) is 3.44. The molecule has 3 heteroatoms. The molecule has 0 heterocycles. The van der Waals surface area contributed by atoms with Gasteiger partial charge in [-0.25, -0.2) is 0 Å². The third-order valence-electron chi connectivity index (χ3n) is 2.20. The Bertz CT molecular complexity index is 202. The minimum atomic E-state index is -0.364. The fourth-order valence-electron chi connectivity index (χ4n) is 1.56. The lowest BCUT2D eigenvalue weighted by Gasteiger charge is -2.24. The van der Waals surface area contributed by atoms with E-state index in [1.54, 1.807) is 11.0 Å². The zero-order chi connectivity index (χ0) is 11.8. The van der Waals surface area contributed by atoms with Crippen LogP contribution < -0.4 is 5.73 Å². The Hall–Kier alpha value is -0.830. The molecule has 0 aromatic heterocycles. The van der Waals surface area contributed by atoms with Crippen LogP contribution in [-0.4, -0.2) is 29.9 Å². The summed E-state index contributed by atoms with van der Waals surface area (Å²) in [6.45, 7) is 11.2. The van der Waals surface area contributed by atoms with Gasteiger partial charge in [0.05, 0.1) is 6.04 Å². The summed E-state index contributed by atoms with van der Waals surface area (Å²) in [7, 11) is 0. The molecule has 0 aromatic carbocycles. The summed E-state index contributed by atoms with van der Waals surface area (Å²) in [6, 6.07) is -0.364. The fourth-order valence-corrected chi connectivity index (χ4v) is 1.56. The summed E-state index contributed by atoms with van der Waals surface area (Å²) >= 11 is 0. The summed E-state index contributed by atoms with van der Waals surface area (Å²) in [5.74, 6) is 0.501. The van der Waals surface area contributed by atoms with E-state index < -0.39 is 0 Å². The molecule has 0 aliphatic heterocycles. The molecule has 1 amide bonds. The van der Waals surface area contributed by atoms with Crippen molar-refractivity contribution in [1.82, 2.24) is 4.90 Å². The Morgan fingerprint density at radius 3 is 2.53 bits per heavy atom. The van der Waals surface area contributed by atoms with Crippen LogP contribution in [0.25, 0.3) is 0 Å². The van der Waals surface area contributed by atoms with E-state index in [0.717, 1.165) is 19.4 Å². The quantitative estimate of drug-likeness (QED) is 0.654. The van der Waals surface area contributed by atoms with E-state index in [9.17, 15) is 4.79 Å². The van der Waals surface area contributed by atoms with Crippen molar-refractivity contribution in [2.24, 2.45) is 11.7 Å². The molecule has 0 saturated carbocycles. The lowest BCUT2D eigenvalue weighted by Crippen LogP contribution is -2.44. The van der Waals surface area contributed by atoms with Crippen LogP contribution in [-0.2, 0) is 4.79 Å². The van der Waals surface area contributed by atoms with E-state index in [-0.39, 0.29) is 11.9 Å². The molecule has 0 bridgehead atoms. The van der Waals surface area contributed by atoms with E-state index >= 15 is 0 Å². The molecular formula is C12H24N2O. The van der Waals surface area contributed by atoms with Gasteiger partial charge < -0.3 is 10.6 Å². The van der Waals surface area contributed by atoms with Gasteiger partial charge in [0, 0.05) is 13.1 Å². The Balaban J connectivity index is 4.27. The van der Waals surface area contributed by atoms with Crippen LogP contribution in [0.5, 0.6) is 0 Å². The van der Waals surface area contributed by atoms with Crippen molar-refractivity contribution in [3.8, 4) is 0 Å². The topological polar surface area (TPSA) is 46.3 Å². The third kappa shape index (κ3) is 5.57. The highest BCUT2D eigenvalue weighted by molar-refractivity contribution is 5.81. The molecule has 3 nitrogen and oxygen atoms in total. The number of amides is 1. The molecule has 0 spiro atoms. The maximum Gasteiger partial charge on any atom is 0.239 e. The first-order valence-corrected chi connectivity index (χ1v) is 5.68. The molecular weight excluding hydrogens is 188 g/mol. The monoisotopic (exact) mass is 212 g/mol. The van der Waals surface area contributed by atoms with Gasteiger partial charge in [-0.1, -0.05) is 26.8 Å². The summed E-state index contributed by atoms with van der Waals surface area (Å²) in [4.78, 5) is 13.7. The van der Waals surface area contributed by atoms with Gasteiger partial charge in [0.25, 0.3) is 0 Å². The third-order valence-corrected chi connectivity index (χ3v) is 2.20. The van der Waals surface area contributed by atoms with Crippen LogP contribution in [0.4, 0.5) is 0 Å². The van der Waals surface area contributed by atoms with E-state index in [4.69, 9.17) is 5.73 Å². The molecule has 0 aliphatic rings. The van der Waals surface area contributed by atoms with Crippen molar-refractivity contribution in [2.45, 2.75) is 39.7 Å². The van der Waals surface area contributed by atoms with Crippen molar-refractivity contribution in [3.05, 3.63) is 12.7 Å².